The Hall–Kier alpha value is -5.87. The molecule has 0 N–H and O–H groups in total. The lowest BCUT2D eigenvalue weighted by Gasteiger charge is -2.11. The highest BCUT2D eigenvalue weighted by Crippen LogP contribution is 2.45. The highest BCUT2D eigenvalue weighted by Gasteiger charge is 2.19. The first-order chi connectivity index (χ1) is 21.3. The van der Waals surface area contributed by atoms with E-state index in [-0.39, 0.29) is 0 Å². The highest BCUT2D eigenvalue weighted by atomic mass is 16.3. The summed E-state index contributed by atoms with van der Waals surface area (Å²) in [6.07, 6.45) is 0. The molecular formula is C39H21N3O. The molecule has 0 saturated heterocycles. The maximum Gasteiger partial charge on any atom is 0.164 e. The molecule has 0 radical (unpaired) electrons. The minimum atomic E-state index is 0.650. The summed E-state index contributed by atoms with van der Waals surface area (Å²) in [4.78, 5) is 15.3. The Morgan fingerprint density at radius 3 is 1.84 bits per heavy atom. The standard InChI is InChI=1S/C39H21N3O/c1-2-8-22(9-3-1)37-40-38-26-13-5-11-24(19-26)23-10-4-12-25(18-23)27-20-31-34-28(14-6-16-30(34)39(41-37)42-38)29-15-7-17-32-35(29)36(31)33(21-27)43-32/h1-21H. The van der Waals surface area contributed by atoms with E-state index in [0.29, 0.717) is 17.1 Å². The van der Waals surface area contributed by atoms with Crippen molar-refractivity contribution in [3.63, 3.8) is 0 Å². The average molecular weight is 548 g/mol. The van der Waals surface area contributed by atoms with Crippen LogP contribution in [0.3, 0.4) is 0 Å². The number of fused-ring (bicyclic) bond motifs is 12. The third kappa shape index (κ3) is 3.23. The Bertz CT molecular complexity index is 2780. The summed E-state index contributed by atoms with van der Waals surface area (Å²) in [6, 6.07) is 44.6. The van der Waals surface area contributed by atoms with Crippen molar-refractivity contribution in [2.45, 2.75) is 0 Å². The van der Waals surface area contributed by atoms with Crippen LogP contribution in [0.5, 0.6) is 0 Å². The van der Waals surface area contributed by atoms with Crippen molar-refractivity contribution in [2.24, 2.45) is 0 Å². The molecule has 0 spiro atoms. The third-order valence-corrected chi connectivity index (χ3v) is 8.78. The fourth-order valence-corrected chi connectivity index (χ4v) is 6.85. The predicted octanol–water partition coefficient (Wildman–Crippen LogP) is 10.4. The molecule has 0 aliphatic heterocycles. The minimum absolute atomic E-state index is 0.650. The van der Waals surface area contributed by atoms with Crippen LogP contribution in [0.25, 0.3) is 98.5 Å². The van der Waals surface area contributed by atoms with Gasteiger partial charge >= 0.3 is 0 Å². The van der Waals surface area contributed by atoms with Crippen LogP contribution in [-0.4, -0.2) is 15.0 Å². The normalized spacial score (nSPS) is 12.2. The second kappa shape index (κ2) is 8.34. The molecule has 0 saturated carbocycles. The first-order valence-corrected chi connectivity index (χ1v) is 14.4. The molecule has 0 aliphatic rings. The van der Waals surface area contributed by atoms with E-state index in [0.717, 1.165) is 76.0 Å². The van der Waals surface area contributed by atoms with E-state index in [1.165, 1.54) is 5.39 Å². The van der Waals surface area contributed by atoms with E-state index in [9.17, 15) is 0 Å². The van der Waals surface area contributed by atoms with Gasteiger partial charge in [0.1, 0.15) is 11.2 Å². The number of benzene rings is 7. The topological polar surface area (TPSA) is 51.8 Å². The van der Waals surface area contributed by atoms with Gasteiger partial charge in [-0.1, -0.05) is 97.1 Å². The van der Waals surface area contributed by atoms with Crippen LogP contribution in [0, 0.1) is 0 Å². The summed E-state index contributed by atoms with van der Waals surface area (Å²) >= 11 is 0. The molecule has 10 aromatic rings. The Morgan fingerprint density at radius 2 is 1.00 bits per heavy atom. The monoisotopic (exact) mass is 547 g/mol. The van der Waals surface area contributed by atoms with E-state index in [1.807, 2.05) is 18.2 Å². The zero-order chi connectivity index (χ0) is 28.1. The van der Waals surface area contributed by atoms with E-state index < -0.39 is 0 Å². The van der Waals surface area contributed by atoms with Crippen LogP contribution in [0.4, 0.5) is 0 Å². The molecule has 3 heterocycles. The number of aromatic nitrogens is 3. The lowest BCUT2D eigenvalue weighted by molar-refractivity contribution is 0.670. The second-order valence-electron chi connectivity index (χ2n) is 11.2. The van der Waals surface area contributed by atoms with Gasteiger partial charge in [-0.3, -0.25) is 0 Å². The van der Waals surface area contributed by atoms with Crippen LogP contribution in [-0.2, 0) is 0 Å². The molecule has 0 atom stereocenters. The van der Waals surface area contributed by atoms with E-state index in [2.05, 4.69) is 109 Å². The average Bonchev–Trinajstić information content (AvgIpc) is 3.46. The molecule has 0 fully saturated rings. The smallest absolute Gasteiger partial charge is 0.164 e. The Morgan fingerprint density at radius 1 is 0.372 bits per heavy atom. The summed E-state index contributed by atoms with van der Waals surface area (Å²) in [5.41, 5.74) is 4.04. The lowest BCUT2D eigenvalue weighted by atomic mass is 9.92. The molecule has 8 bridgehead atoms. The fourth-order valence-electron chi connectivity index (χ4n) is 6.85. The zero-order valence-electron chi connectivity index (χ0n) is 22.9. The molecule has 198 valence electrons. The van der Waals surface area contributed by atoms with Crippen molar-refractivity contribution >= 4 is 87.1 Å². The van der Waals surface area contributed by atoms with Gasteiger partial charge in [-0.05, 0) is 68.0 Å². The molecule has 7 aromatic carbocycles. The van der Waals surface area contributed by atoms with Gasteiger partial charge in [0, 0.05) is 32.5 Å². The van der Waals surface area contributed by atoms with Gasteiger partial charge in [0.05, 0.1) is 0 Å². The molecule has 0 aliphatic carbocycles. The molecule has 0 amide bonds. The minimum Gasteiger partial charge on any atom is -0.456 e. The van der Waals surface area contributed by atoms with Crippen molar-refractivity contribution in [3.8, 4) is 11.4 Å². The zero-order valence-corrected chi connectivity index (χ0v) is 22.9. The summed E-state index contributed by atoms with van der Waals surface area (Å²) in [5, 5.41) is 13.3. The highest BCUT2D eigenvalue weighted by molar-refractivity contribution is 6.37. The van der Waals surface area contributed by atoms with E-state index in [1.54, 1.807) is 0 Å². The summed E-state index contributed by atoms with van der Waals surface area (Å²) in [7, 11) is 0. The van der Waals surface area contributed by atoms with E-state index >= 15 is 0 Å². The van der Waals surface area contributed by atoms with Gasteiger partial charge in [-0.15, -0.1) is 0 Å². The number of rotatable bonds is 1. The van der Waals surface area contributed by atoms with Gasteiger partial charge in [0.2, 0.25) is 0 Å². The SMILES string of the molecule is c1ccc(-c2nc3nc(n2)c2cccc4c5cccc6oc7cc(cc(c24)c7c65)c2cccc(c2)c2cccc3c2)cc1. The largest absolute Gasteiger partial charge is 0.456 e. The summed E-state index contributed by atoms with van der Waals surface area (Å²) < 4.78 is 6.55. The Balaban J connectivity index is 1.56. The van der Waals surface area contributed by atoms with E-state index in [4.69, 9.17) is 19.4 Å². The molecule has 4 nitrogen and oxygen atoms in total. The maximum absolute atomic E-state index is 6.55. The van der Waals surface area contributed by atoms with Crippen LogP contribution in [0.2, 0.25) is 0 Å². The van der Waals surface area contributed by atoms with Gasteiger partial charge in [0.25, 0.3) is 0 Å². The Kier molecular flexibility index (Phi) is 4.42. The molecule has 3 aromatic heterocycles. The lowest BCUT2D eigenvalue weighted by Crippen LogP contribution is -1.94. The molecule has 43 heavy (non-hydrogen) atoms. The Labute approximate surface area is 244 Å². The predicted molar refractivity (Wildman–Crippen MR) is 178 cm³/mol. The number of furan rings is 1. The van der Waals surface area contributed by atoms with Crippen molar-refractivity contribution in [1.29, 1.82) is 0 Å². The van der Waals surface area contributed by atoms with Gasteiger partial charge < -0.3 is 4.42 Å². The first-order valence-electron chi connectivity index (χ1n) is 14.4. The van der Waals surface area contributed by atoms with Crippen LogP contribution in [0.1, 0.15) is 0 Å². The van der Waals surface area contributed by atoms with Crippen LogP contribution in [0.15, 0.2) is 132 Å². The molecular weight excluding hydrogens is 526 g/mol. The van der Waals surface area contributed by atoms with Gasteiger partial charge in [-0.25, -0.2) is 15.0 Å². The quantitative estimate of drug-likeness (QED) is 0.192. The number of hydrogen-bond donors (Lipinski definition) is 0. The number of nitrogens with zero attached hydrogens (tertiary/aromatic N) is 3. The van der Waals surface area contributed by atoms with Crippen LogP contribution < -0.4 is 0 Å². The third-order valence-electron chi connectivity index (χ3n) is 8.78. The van der Waals surface area contributed by atoms with Crippen molar-refractivity contribution < 1.29 is 4.42 Å². The van der Waals surface area contributed by atoms with Gasteiger partial charge in [-0.2, -0.15) is 0 Å². The fraction of sp³-hybridized carbons (Fsp3) is 0. The molecule has 4 heteroatoms. The maximum atomic E-state index is 6.55. The molecule has 0 unspecified atom stereocenters. The summed E-state index contributed by atoms with van der Waals surface area (Å²) in [6.45, 7) is 0. The van der Waals surface area contributed by atoms with Crippen molar-refractivity contribution in [1.82, 2.24) is 15.0 Å². The first kappa shape index (κ1) is 22.8. The number of hydrogen-bond acceptors (Lipinski definition) is 4. The van der Waals surface area contributed by atoms with Gasteiger partial charge in [0.15, 0.2) is 17.1 Å². The van der Waals surface area contributed by atoms with Crippen LogP contribution >= 0.6 is 0 Å². The summed E-state index contributed by atoms with van der Waals surface area (Å²) in [5.74, 6) is 0.651. The second-order valence-corrected chi connectivity index (χ2v) is 11.2. The van der Waals surface area contributed by atoms with Crippen molar-refractivity contribution in [2.75, 3.05) is 0 Å². The van der Waals surface area contributed by atoms with Crippen molar-refractivity contribution in [3.05, 3.63) is 127 Å². The molecule has 10 rings (SSSR count).